The highest BCUT2D eigenvalue weighted by atomic mass is 19.4. The molecule has 3 rings (SSSR count). The van der Waals surface area contributed by atoms with Crippen LogP contribution in [0.5, 0.6) is 11.5 Å². The summed E-state index contributed by atoms with van der Waals surface area (Å²) >= 11 is 0. The van der Waals surface area contributed by atoms with Crippen LogP contribution in [0.4, 0.5) is 13.2 Å². The van der Waals surface area contributed by atoms with Gasteiger partial charge in [0.1, 0.15) is 11.6 Å². The third-order valence-corrected chi connectivity index (χ3v) is 3.49. The van der Waals surface area contributed by atoms with Gasteiger partial charge in [0.2, 0.25) is 5.82 Å². The van der Waals surface area contributed by atoms with Crippen LogP contribution in [0.25, 0.3) is 16.7 Å². The normalized spacial score (nSPS) is 11.8. The number of nitrogens with zero attached hydrogens (tertiary/aromatic N) is 4. The molecule has 2 aromatic heterocycles. The molecule has 0 saturated heterocycles. The van der Waals surface area contributed by atoms with E-state index in [9.17, 15) is 13.2 Å². The highest BCUT2D eigenvalue weighted by Gasteiger charge is 2.36. The van der Waals surface area contributed by atoms with E-state index >= 15 is 0 Å². The van der Waals surface area contributed by atoms with E-state index in [-0.39, 0.29) is 17.1 Å². The lowest BCUT2D eigenvalue weighted by Gasteiger charge is -2.14. The molecule has 2 heterocycles. The highest BCUT2D eigenvalue weighted by Crippen LogP contribution is 2.36. The van der Waals surface area contributed by atoms with Crippen LogP contribution in [0.1, 0.15) is 11.6 Å². The third-order valence-electron chi connectivity index (χ3n) is 3.49. The minimum Gasteiger partial charge on any atom is -0.493 e. The Balaban J connectivity index is 2.40. The number of aryl methyl sites for hydroxylation is 1. The van der Waals surface area contributed by atoms with Crippen molar-refractivity contribution in [1.29, 1.82) is 0 Å². The van der Waals surface area contributed by atoms with Crippen molar-refractivity contribution >= 4 is 10.9 Å². The molecule has 3 aromatic rings. The molecule has 9 heteroatoms. The molecule has 0 aliphatic rings. The van der Waals surface area contributed by atoms with Crippen LogP contribution in [0.2, 0.25) is 0 Å². The molecular weight excluding hydrogens is 325 g/mol. The van der Waals surface area contributed by atoms with Gasteiger partial charge in [0.15, 0.2) is 11.5 Å². The number of fused-ring (bicyclic) bond motifs is 1. The van der Waals surface area contributed by atoms with Gasteiger partial charge < -0.3 is 9.47 Å². The molecule has 0 amide bonds. The Labute approximate surface area is 134 Å². The Morgan fingerprint density at radius 2 is 1.71 bits per heavy atom. The first-order chi connectivity index (χ1) is 11.3. The monoisotopic (exact) mass is 338 g/mol. The maximum atomic E-state index is 13.2. The molecular formula is C15H13F3N4O2. The highest BCUT2D eigenvalue weighted by molar-refractivity contribution is 5.88. The van der Waals surface area contributed by atoms with E-state index in [0.717, 1.165) is 0 Å². The maximum Gasteiger partial charge on any atom is 0.451 e. The number of halogens is 3. The standard InChI is InChI=1S/C15H13F3N4O2/c1-8-19-4-5-22(8)13-9-6-11(23-2)12(24-3)7-10(9)20-14(21-13)15(16,17)18/h4-7H,1-3H3. The number of hydrogen-bond donors (Lipinski definition) is 0. The van der Waals surface area contributed by atoms with E-state index in [0.29, 0.717) is 17.0 Å². The predicted molar refractivity (Wildman–Crippen MR) is 79.5 cm³/mol. The summed E-state index contributed by atoms with van der Waals surface area (Å²) in [4.78, 5) is 11.4. The third kappa shape index (κ3) is 2.61. The van der Waals surface area contributed by atoms with Crippen molar-refractivity contribution in [3.05, 3.63) is 36.2 Å². The van der Waals surface area contributed by atoms with Crippen LogP contribution >= 0.6 is 0 Å². The molecule has 0 atom stereocenters. The molecule has 0 spiro atoms. The zero-order chi connectivity index (χ0) is 17.5. The molecule has 0 radical (unpaired) electrons. The van der Waals surface area contributed by atoms with Gasteiger partial charge in [-0.2, -0.15) is 13.2 Å². The Kier molecular flexibility index (Phi) is 3.78. The predicted octanol–water partition coefficient (Wildman–Crippen LogP) is 3.16. The quantitative estimate of drug-likeness (QED) is 0.734. The first-order valence-electron chi connectivity index (χ1n) is 6.86. The van der Waals surface area contributed by atoms with Gasteiger partial charge in [0.05, 0.1) is 19.7 Å². The van der Waals surface area contributed by atoms with Crippen molar-refractivity contribution in [1.82, 2.24) is 19.5 Å². The van der Waals surface area contributed by atoms with Gasteiger partial charge in [-0.3, -0.25) is 4.57 Å². The average molecular weight is 338 g/mol. The number of ether oxygens (including phenoxy) is 2. The molecule has 126 valence electrons. The van der Waals surface area contributed by atoms with E-state index < -0.39 is 12.0 Å². The van der Waals surface area contributed by atoms with Crippen molar-refractivity contribution in [2.45, 2.75) is 13.1 Å². The second-order valence-electron chi connectivity index (χ2n) is 4.94. The number of aromatic nitrogens is 4. The minimum absolute atomic E-state index is 0.0725. The van der Waals surface area contributed by atoms with E-state index in [4.69, 9.17) is 9.47 Å². The zero-order valence-corrected chi connectivity index (χ0v) is 13.0. The Morgan fingerprint density at radius 3 is 2.25 bits per heavy atom. The summed E-state index contributed by atoms with van der Waals surface area (Å²) in [6, 6.07) is 2.93. The minimum atomic E-state index is -4.68. The summed E-state index contributed by atoms with van der Waals surface area (Å²) in [5.41, 5.74) is 0.0954. The topological polar surface area (TPSA) is 62.1 Å². The molecule has 0 aliphatic carbocycles. The average Bonchev–Trinajstić information content (AvgIpc) is 2.97. The summed E-state index contributed by atoms with van der Waals surface area (Å²) < 4.78 is 51.3. The molecule has 0 N–H and O–H groups in total. The van der Waals surface area contributed by atoms with E-state index in [2.05, 4.69) is 15.0 Å². The lowest BCUT2D eigenvalue weighted by atomic mass is 10.2. The Bertz CT molecular complexity index is 906. The van der Waals surface area contributed by atoms with Crippen LogP contribution in [0, 0.1) is 6.92 Å². The van der Waals surface area contributed by atoms with Crippen molar-refractivity contribution in [3.63, 3.8) is 0 Å². The SMILES string of the molecule is COc1cc2nc(C(F)(F)F)nc(-n3ccnc3C)c2cc1OC. The fourth-order valence-corrected chi connectivity index (χ4v) is 2.35. The molecule has 0 fully saturated rings. The fraction of sp³-hybridized carbons (Fsp3) is 0.267. The molecule has 0 saturated carbocycles. The van der Waals surface area contributed by atoms with Crippen LogP contribution in [-0.2, 0) is 6.18 Å². The van der Waals surface area contributed by atoms with Crippen LogP contribution in [-0.4, -0.2) is 33.7 Å². The van der Waals surface area contributed by atoms with Gasteiger partial charge in [-0.05, 0) is 13.0 Å². The van der Waals surface area contributed by atoms with E-state index in [1.807, 2.05) is 0 Å². The molecule has 0 aliphatic heterocycles. The molecule has 24 heavy (non-hydrogen) atoms. The van der Waals surface area contributed by atoms with Gasteiger partial charge in [-0.1, -0.05) is 0 Å². The summed E-state index contributed by atoms with van der Waals surface area (Å²) in [5.74, 6) is -0.0102. The van der Waals surface area contributed by atoms with Gasteiger partial charge in [0, 0.05) is 23.8 Å². The number of rotatable bonds is 3. The van der Waals surface area contributed by atoms with Gasteiger partial charge in [0.25, 0.3) is 0 Å². The summed E-state index contributed by atoms with van der Waals surface area (Å²) in [6.45, 7) is 1.67. The summed E-state index contributed by atoms with van der Waals surface area (Å²) in [6.07, 6.45) is -1.66. The van der Waals surface area contributed by atoms with E-state index in [1.165, 1.54) is 37.2 Å². The maximum absolute atomic E-state index is 13.2. The second-order valence-corrected chi connectivity index (χ2v) is 4.94. The van der Waals surface area contributed by atoms with Gasteiger partial charge >= 0.3 is 6.18 Å². The lowest BCUT2D eigenvalue weighted by Crippen LogP contribution is -2.14. The molecule has 0 unspecified atom stereocenters. The lowest BCUT2D eigenvalue weighted by molar-refractivity contribution is -0.144. The van der Waals surface area contributed by atoms with Crippen LogP contribution < -0.4 is 9.47 Å². The van der Waals surface area contributed by atoms with Gasteiger partial charge in [-0.15, -0.1) is 0 Å². The molecule has 1 aromatic carbocycles. The van der Waals surface area contributed by atoms with E-state index in [1.54, 1.807) is 13.0 Å². The Hall–Kier alpha value is -2.84. The van der Waals surface area contributed by atoms with Gasteiger partial charge in [-0.25, -0.2) is 15.0 Å². The summed E-state index contributed by atoms with van der Waals surface area (Å²) in [7, 11) is 2.84. The number of imidazole rings is 1. The Morgan fingerprint density at radius 1 is 1.04 bits per heavy atom. The number of benzene rings is 1. The number of alkyl halides is 3. The zero-order valence-electron chi connectivity index (χ0n) is 13.0. The van der Waals surface area contributed by atoms with Crippen molar-refractivity contribution in [3.8, 4) is 17.3 Å². The van der Waals surface area contributed by atoms with Crippen LogP contribution in [0.15, 0.2) is 24.5 Å². The number of methoxy groups -OCH3 is 2. The molecule has 0 bridgehead atoms. The smallest absolute Gasteiger partial charge is 0.451 e. The van der Waals surface area contributed by atoms with Crippen molar-refractivity contribution in [2.24, 2.45) is 0 Å². The summed E-state index contributed by atoms with van der Waals surface area (Å²) in [5, 5.41) is 0.391. The molecule has 6 nitrogen and oxygen atoms in total. The van der Waals surface area contributed by atoms with Crippen molar-refractivity contribution in [2.75, 3.05) is 14.2 Å². The first-order valence-corrected chi connectivity index (χ1v) is 6.86. The second kappa shape index (κ2) is 5.66. The van der Waals surface area contributed by atoms with Crippen molar-refractivity contribution < 1.29 is 22.6 Å². The first kappa shape index (κ1) is 16.0. The largest absolute Gasteiger partial charge is 0.493 e. The fourth-order valence-electron chi connectivity index (χ4n) is 2.35. The van der Waals surface area contributed by atoms with Crippen LogP contribution in [0.3, 0.4) is 0 Å². The number of hydrogen-bond acceptors (Lipinski definition) is 5.